The highest BCUT2D eigenvalue weighted by atomic mass is 19.4. The van der Waals surface area contributed by atoms with Crippen LogP contribution in [0, 0.1) is 0 Å². The molecule has 0 unspecified atom stereocenters. The summed E-state index contributed by atoms with van der Waals surface area (Å²) in [6, 6.07) is 4.95. The standard InChI is InChI=1S/C18H21F3N4O/c1-17(2,22)10-23-16(26)14-9-24-25(15(14)11-6-7-11)13-5-3-4-12(8-13)18(19,20)21/h3-5,8-9,11H,6-7,10,22H2,1-2H3,(H,23,26). The summed E-state index contributed by atoms with van der Waals surface area (Å²) in [4.78, 5) is 12.5. The van der Waals surface area contributed by atoms with Gasteiger partial charge in [-0.3, -0.25) is 4.79 Å². The summed E-state index contributed by atoms with van der Waals surface area (Å²) in [5, 5.41) is 6.96. The van der Waals surface area contributed by atoms with Crippen LogP contribution in [0.15, 0.2) is 30.5 Å². The van der Waals surface area contributed by atoms with E-state index in [1.54, 1.807) is 19.9 Å². The second-order valence-corrected chi connectivity index (χ2v) is 7.35. The lowest BCUT2D eigenvalue weighted by Gasteiger charge is -2.19. The van der Waals surface area contributed by atoms with Crippen LogP contribution in [-0.4, -0.2) is 27.8 Å². The van der Waals surface area contributed by atoms with Crippen molar-refractivity contribution in [1.82, 2.24) is 15.1 Å². The Hall–Kier alpha value is -2.35. The summed E-state index contributed by atoms with van der Waals surface area (Å²) in [5.41, 5.74) is 5.90. The first-order valence-corrected chi connectivity index (χ1v) is 8.39. The van der Waals surface area contributed by atoms with Crippen LogP contribution in [-0.2, 0) is 6.18 Å². The Labute approximate surface area is 149 Å². The van der Waals surface area contributed by atoms with Gasteiger partial charge in [-0.25, -0.2) is 4.68 Å². The highest BCUT2D eigenvalue weighted by molar-refractivity contribution is 5.95. The minimum Gasteiger partial charge on any atom is -0.350 e. The molecule has 0 radical (unpaired) electrons. The van der Waals surface area contributed by atoms with Crippen molar-refractivity contribution in [2.45, 2.75) is 44.3 Å². The van der Waals surface area contributed by atoms with Crippen LogP contribution < -0.4 is 11.1 Å². The highest BCUT2D eigenvalue weighted by Crippen LogP contribution is 2.42. The van der Waals surface area contributed by atoms with Gasteiger partial charge >= 0.3 is 6.18 Å². The zero-order valence-electron chi connectivity index (χ0n) is 14.6. The van der Waals surface area contributed by atoms with Gasteiger partial charge < -0.3 is 11.1 Å². The molecule has 140 valence electrons. The van der Waals surface area contributed by atoms with Gasteiger partial charge in [0, 0.05) is 18.0 Å². The molecule has 26 heavy (non-hydrogen) atoms. The minimum atomic E-state index is -4.43. The number of carbonyl (C=O) groups excluding carboxylic acids is 1. The molecule has 3 rings (SSSR count). The molecular weight excluding hydrogens is 345 g/mol. The Morgan fingerprint density at radius 1 is 1.35 bits per heavy atom. The van der Waals surface area contributed by atoms with E-state index < -0.39 is 17.3 Å². The van der Waals surface area contributed by atoms with Gasteiger partial charge in [-0.05, 0) is 44.9 Å². The van der Waals surface area contributed by atoms with Gasteiger partial charge in [-0.1, -0.05) is 6.07 Å². The van der Waals surface area contributed by atoms with Gasteiger partial charge in [-0.2, -0.15) is 18.3 Å². The molecule has 1 heterocycles. The third-order valence-electron chi connectivity index (χ3n) is 4.14. The number of nitrogens with zero attached hydrogens (tertiary/aromatic N) is 2. The van der Waals surface area contributed by atoms with E-state index in [1.165, 1.54) is 16.9 Å². The fraction of sp³-hybridized carbons (Fsp3) is 0.444. The Morgan fingerprint density at radius 3 is 2.62 bits per heavy atom. The van der Waals surface area contributed by atoms with Gasteiger partial charge in [0.15, 0.2) is 0 Å². The number of rotatable bonds is 5. The molecule has 0 bridgehead atoms. The van der Waals surface area contributed by atoms with Gasteiger partial charge in [0.1, 0.15) is 0 Å². The fourth-order valence-corrected chi connectivity index (χ4v) is 2.71. The molecule has 3 N–H and O–H groups in total. The van der Waals surface area contributed by atoms with Crippen molar-refractivity contribution in [3.8, 4) is 5.69 Å². The summed E-state index contributed by atoms with van der Waals surface area (Å²) < 4.78 is 40.4. The topological polar surface area (TPSA) is 72.9 Å². The van der Waals surface area contributed by atoms with Crippen molar-refractivity contribution >= 4 is 5.91 Å². The second-order valence-electron chi connectivity index (χ2n) is 7.35. The van der Waals surface area contributed by atoms with E-state index in [0.717, 1.165) is 25.0 Å². The predicted octanol–water partition coefficient (Wildman–Crippen LogP) is 3.24. The number of hydrogen-bond donors (Lipinski definition) is 2. The lowest BCUT2D eigenvalue weighted by molar-refractivity contribution is -0.137. The summed E-state index contributed by atoms with van der Waals surface area (Å²) in [6.07, 6.45) is -1.26. The van der Waals surface area contributed by atoms with Crippen molar-refractivity contribution in [2.75, 3.05) is 6.54 Å². The van der Waals surface area contributed by atoms with E-state index in [9.17, 15) is 18.0 Å². The number of hydrogen-bond acceptors (Lipinski definition) is 3. The maximum atomic E-state index is 13.0. The number of benzene rings is 1. The normalized spacial score (nSPS) is 15.2. The minimum absolute atomic E-state index is 0.124. The average molecular weight is 366 g/mol. The first kappa shape index (κ1) is 18.4. The van der Waals surface area contributed by atoms with Crippen LogP contribution in [0.3, 0.4) is 0 Å². The van der Waals surface area contributed by atoms with E-state index in [-0.39, 0.29) is 18.4 Å². The Kier molecular flexibility index (Phi) is 4.56. The molecule has 1 aromatic carbocycles. The van der Waals surface area contributed by atoms with Crippen LogP contribution >= 0.6 is 0 Å². The number of carbonyl (C=O) groups is 1. The monoisotopic (exact) mass is 366 g/mol. The zero-order valence-corrected chi connectivity index (χ0v) is 14.6. The number of alkyl halides is 3. The molecule has 8 heteroatoms. The summed E-state index contributed by atoms with van der Waals surface area (Å²) in [7, 11) is 0. The molecule has 1 amide bonds. The highest BCUT2D eigenvalue weighted by Gasteiger charge is 2.34. The summed E-state index contributed by atoms with van der Waals surface area (Å²) >= 11 is 0. The van der Waals surface area contributed by atoms with Crippen LogP contribution in [0.25, 0.3) is 5.69 Å². The maximum Gasteiger partial charge on any atom is 0.416 e. The number of nitrogens with one attached hydrogen (secondary N) is 1. The largest absolute Gasteiger partial charge is 0.416 e. The van der Waals surface area contributed by atoms with Crippen molar-refractivity contribution in [1.29, 1.82) is 0 Å². The number of aromatic nitrogens is 2. The SMILES string of the molecule is CC(C)(N)CNC(=O)c1cnn(-c2cccc(C(F)(F)F)c2)c1C1CC1. The Bertz CT molecular complexity index is 817. The van der Waals surface area contributed by atoms with Gasteiger partial charge in [-0.15, -0.1) is 0 Å². The molecule has 1 aromatic heterocycles. The fourth-order valence-electron chi connectivity index (χ4n) is 2.71. The van der Waals surface area contributed by atoms with Crippen molar-refractivity contribution < 1.29 is 18.0 Å². The van der Waals surface area contributed by atoms with E-state index >= 15 is 0 Å². The van der Waals surface area contributed by atoms with Gasteiger partial charge in [0.05, 0.1) is 28.7 Å². The summed E-state index contributed by atoms with van der Waals surface area (Å²) in [5.74, 6) is -0.192. The molecule has 5 nitrogen and oxygen atoms in total. The zero-order chi connectivity index (χ0) is 19.1. The van der Waals surface area contributed by atoms with E-state index in [0.29, 0.717) is 16.9 Å². The second kappa shape index (κ2) is 6.42. The number of amides is 1. The molecule has 0 spiro atoms. The van der Waals surface area contributed by atoms with Gasteiger partial charge in [0.2, 0.25) is 0 Å². The van der Waals surface area contributed by atoms with E-state index in [4.69, 9.17) is 5.73 Å². The van der Waals surface area contributed by atoms with Crippen LogP contribution in [0.4, 0.5) is 13.2 Å². The van der Waals surface area contributed by atoms with Crippen LogP contribution in [0.5, 0.6) is 0 Å². The van der Waals surface area contributed by atoms with Crippen molar-refractivity contribution in [2.24, 2.45) is 5.73 Å². The van der Waals surface area contributed by atoms with Crippen molar-refractivity contribution in [3.63, 3.8) is 0 Å². The molecule has 1 fully saturated rings. The molecule has 1 saturated carbocycles. The average Bonchev–Trinajstić information content (AvgIpc) is 3.29. The van der Waals surface area contributed by atoms with Gasteiger partial charge in [0.25, 0.3) is 5.91 Å². The number of nitrogens with two attached hydrogens (primary N) is 1. The molecule has 2 aromatic rings. The molecular formula is C18H21F3N4O. The summed E-state index contributed by atoms with van der Waals surface area (Å²) in [6.45, 7) is 3.87. The lowest BCUT2D eigenvalue weighted by atomic mass is 10.1. The van der Waals surface area contributed by atoms with E-state index in [2.05, 4.69) is 10.4 Å². The smallest absolute Gasteiger partial charge is 0.350 e. The molecule has 1 aliphatic carbocycles. The molecule has 0 aliphatic heterocycles. The lowest BCUT2D eigenvalue weighted by Crippen LogP contribution is -2.45. The molecule has 0 atom stereocenters. The molecule has 1 aliphatic rings. The molecule has 0 saturated heterocycles. The van der Waals surface area contributed by atoms with Crippen molar-refractivity contribution in [3.05, 3.63) is 47.3 Å². The quantitative estimate of drug-likeness (QED) is 0.853. The van der Waals surface area contributed by atoms with E-state index in [1.807, 2.05) is 0 Å². The first-order valence-electron chi connectivity index (χ1n) is 8.39. The van der Waals surface area contributed by atoms with Crippen LogP contribution in [0.2, 0.25) is 0 Å². The first-order chi connectivity index (χ1) is 12.1. The predicted molar refractivity (Wildman–Crippen MR) is 91.1 cm³/mol. The Morgan fingerprint density at radius 2 is 2.04 bits per heavy atom. The third-order valence-corrected chi connectivity index (χ3v) is 4.14. The maximum absolute atomic E-state index is 13.0. The Balaban J connectivity index is 1.95. The third kappa shape index (κ3) is 4.07. The number of halogens is 3. The van der Waals surface area contributed by atoms with Crippen LogP contribution in [0.1, 0.15) is 54.2 Å².